The Bertz CT molecular complexity index is 530. The topological polar surface area (TPSA) is 67.7 Å². The van der Waals surface area contributed by atoms with Gasteiger partial charge in [0.25, 0.3) is 5.91 Å². The van der Waals surface area contributed by atoms with Crippen molar-refractivity contribution in [3.63, 3.8) is 0 Å². The van der Waals surface area contributed by atoms with Gasteiger partial charge < -0.3 is 19.1 Å². The standard InChI is InChI=1S/C14H22N4O3.HI/c1-14(2,3)21-13(20)18-9-7-17(8-10-18)12(19)11-15-5-6-16(11)4;/h5-6H,7-10H2,1-4H3;1H. The van der Waals surface area contributed by atoms with Crippen LogP contribution in [0.2, 0.25) is 0 Å². The van der Waals surface area contributed by atoms with Crippen LogP contribution in [0.1, 0.15) is 31.4 Å². The van der Waals surface area contributed by atoms with Gasteiger partial charge in [0.1, 0.15) is 5.60 Å². The number of ether oxygens (including phenoxy) is 1. The second-order valence-corrected chi connectivity index (χ2v) is 6.12. The van der Waals surface area contributed by atoms with Crippen molar-refractivity contribution >= 4 is 36.0 Å². The Balaban J connectivity index is 0.00000242. The van der Waals surface area contributed by atoms with Crippen LogP contribution >= 0.6 is 24.0 Å². The van der Waals surface area contributed by atoms with E-state index < -0.39 is 5.60 Å². The second kappa shape index (κ2) is 7.30. The lowest BCUT2D eigenvalue weighted by Crippen LogP contribution is -2.52. The Morgan fingerprint density at radius 3 is 2.14 bits per heavy atom. The summed E-state index contributed by atoms with van der Waals surface area (Å²) in [7, 11) is 1.79. The molecule has 2 rings (SSSR count). The highest BCUT2D eigenvalue weighted by atomic mass is 127. The summed E-state index contributed by atoms with van der Waals surface area (Å²) in [6, 6.07) is 0. The number of carbonyl (C=O) groups is 2. The molecule has 2 amide bonds. The Hall–Kier alpha value is -1.32. The monoisotopic (exact) mass is 422 g/mol. The highest BCUT2D eigenvalue weighted by Crippen LogP contribution is 2.13. The number of hydrogen-bond donors (Lipinski definition) is 0. The van der Waals surface area contributed by atoms with Crippen molar-refractivity contribution in [2.75, 3.05) is 26.2 Å². The van der Waals surface area contributed by atoms with Crippen molar-refractivity contribution < 1.29 is 14.3 Å². The first-order valence-electron chi connectivity index (χ1n) is 7.02. The molecule has 1 aliphatic heterocycles. The molecule has 2 heterocycles. The third-order valence-electron chi connectivity index (χ3n) is 3.23. The normalized spacial score (nSPS) is 15.3. The molecule has 1 fully saturated rings. The predicted molar refractivity (Wildman–Crippen MR) is 92.3 cm³/mol. The lowest BCUT2D eigenvalue weighted by atomic mass is 10.2. The molecule has 0 N–H and O–H groups in total. The fraction of sp³-hybridized carbons (Fsp3) is 0.643. The van der Waals surface area contributed by atoms with Crippen molar-refractivity contribution in [1.29, 1.82) is 0 Å². The molecule has 22 heavy (non-hydrogen) atoms. The van der Waals surface area contributed by atoms with Crippen molar-refractivity contribution in [1.82, 2.24) is 19.4 Å². The number of carbonyl (C=O) groups excluding carboxylic acids is 2. The van der Waals surface area contributed by atoms with Gasteiger partial charge in [-0.3, -0.25) is 4.79 Å². The summed E-state index contributed by atoms with van der Waals surface area (Å²) in [4.78, 5) is 31.7. The molecule has 0 aliphatic carbocycles. The number of halogens is 1. The van der Waals surface area contributed by atoms with Gasteiger partial charge in [-0.25, -0.2) is 9.78 Å². The molecule has 8 heteroatoms. The van der Waals surface area contributed by atoms with Crippen LogP contribution in [-0.4, -0.2) is 63.1 Å². The molecule has 0 unspecified atom stereocenters. The largest absolute Gasteiger partial charge is 0.444 e. The average molecular weight is 422 g/mol. The summed E-state index contributed by atoms with van der Waals surface area (Å²) < 4.78 is 7.03. The van der Waals surface area contributed by atoms with E-state index in [0.717, 1.165) is 0 Å². The molecule has 1 aromatic rings. The van der Waals surface area contributed by atoms with E-state index in [1.807, 2.05) is 20.8 Å². The smallest absolute Gasteiger partial charge is 0.410 e. The summed E-state index contributed by atoms with van der Waals surface area (Å²) in [6.45, 7) is 7.45. The van der Waals surface area contributed by atoms with Gasteiger partial charge in [-0.1, -0.05) is 0 Å². The molecule has 0 atom stereocenters. The van der Waals surface area contributed by atoms with Crippen molar-refractivity contribution in [2.24, 2.45) is 7.05 Å². The fourth-order valence-corrected chi connectivity index (χ4v) is 2.13. The van der Waals surface area contributed by atoms with Gasteiger partial charge in [0.2, 0.25) is 0 Å². The molecular formula is C14H23IN4O3. The zero-order valence-corrected chi connectivity index (χ0v) is 15.7. The molecule has 124 valence electrons. The van der Waals surface area contributed by atoms with Crippen LogP contribution in [0.5, 0.6) is 0 Å². The fourth-order valence-electron chi connectivity index (χ4n) is 2.13. The zero-order chi connectivity index (χ0) is 15.6. The first-order valence-corrected chi connectivity index (χ1v) is 7.02. The van der Waals surface area contributed by atoms with Gasteiger partial charge in [0, 0.05) is 45.6 Å². The number of hydrogen-bond acceptors (Lipinski definition) is 4. The molecule has 1 aliphatic rings. The van der Waals surface area contributed by atoms with Crippen molar-refractivity contribution in [3.05, 3.63) is 18.2 Å². The summed E-state index contributed by atoms with van der Waals surface area (Å²) >= 11 is 0. The molecule has 7 nitrogen and oxygen atoms in total. The number of piperazine rings is 1. The van der Waals surface area contributed by atoms with E-state index >= 15 is 0 Å². The third kappa shape index (κ3) is 4.59. The highest BCUT2D eigenvalue weighted by molar-refractivity contribution is 14.0. The summed E-state index contributed by atoms with van der Waals surface area (Å²) in [5, 5.41) is 0. The number of rotatable bonds is 1. The van der Waals surface area contributed by atoms with E-state index in [0.29, 0.717) is 32.0 Å². The van der Waals surface area contributed by atoms with Gasteiger partial charge in [0.05, 0.1) is 0 Å². The van der Waals surface area contributed by atoms with Crippen molar-refractivity contribution in [3.8, 4) is 0 Å². The van der Waals surface area contributed by atoms with E-state index in [1.165, 1.54) is 0 Å². The van der Waals surface area contributed by atoms with E-state index in [4.69, 9.17) is 4.74 Å². The van der Waals surface area contributed by atoms with Crippen LogP contribution in [-0.2, 0) is 11.8 Å². The van der Waals surface area contributed by atoms with Crippen LogP contribution in [0, 0.1) is 0 Å². The van der Waals surface area contributed by atoms with Crippen molar-refractivity contribution in [2.45, 2.75) is 26.4 Å². The number of aryl methyl sites for hydroxylation is 1. The van der Waals surface area contributed by atoms with E-state index in [-0.39, 0.29) is 36.0 Å². The molecule has 1 aromatic heterocycles. The van der Waals surface area contributed by atoms with E-state index in [1.54, 1.807) is 33.8 Å². The zero-order valence-electron chi connectivity index (χ0n) is 13.4. The van der Waals surface area contributed by atoms with Crippen LogP contribution in [0.15, 0.2) is 12.4 Å². The Morgan fingerprint density at radius 1 is 1.14 bits per heavy atom. The minimum atomic E-state index is -0.503. The Kier molecular flexibility index (Phi) is 6.21. The maximum Gasteiger partial charge on any atom is 0.410 e. The molecule has 0 saturated carbocycles. The van der Waals surface area contributed by atoms with Gasteiger partial charge in [-0.2, -0.15) is 0 Å². The summed E-state index contributed by atoms with van der Waals surface area (Å²) in [6.07, 6.45) is 3.01. The summed E-state index contributed by atoms with van der Waals surface area (Å²) in [5.41, 5.74) is -0.503. The van der Waals surface area contributed by atoms with Gasteiger partial charge >= 0.3 is 6.09 Å². The lowest BCUT2D eigenvalue weighted by molar-refractivity contribution is 0.0139. The number of amides is 2. The molecule has 0 radical (unpaired) electrons. The Morgan fingerprint density at radius 2 is 1.68 bits per heavy atom. The third-order valence-corrected chi connectivity index (χ3v) is 3.23. The molecule has 0 bridgehead atoms. The van der Waals surface area contributed by atoms with Crippen LogP contribution in [0.25, 0.3) is 0 Å². The SMILES string of the molecule is Cn1ccnc1C(=O)N1CCN(C(=O)OC(C)(C)C)CC1.I. The molecular weight excluding hydrogens is 399 g/mol. The highest BCUT2D eigenvalue weighted by Gasteiger charge is 2.29. The summed E-state index contributed by atoms with van der Waals surface area (Å²) in [5.74, 6) is 0.312. The average Bonchev–Trinajstić information content (AvgIpc) is 2.82. The molecule has 0 aromatic carbocycles. The van der Waals surface area contributed by atoms with Crippen LogP contribution < -0.4 is 0 Å². The van der Waals surface area contributed by atoms with Crippen LogP contribution in [0.4, 0.5) is 4.79 Å². The minimum Gasteiger partial charge on any atom is -0.444 e. The first kappa shape index (κ1) is 18.7. The minimum absolute atomic E-state index is 0. The van der Waals surface area contributed by atoms with Gasteiger partial charge in [-0.15, -0.1) is 24.0 Å². The first-order chi connectivity index (χ1) is 9.78. The number of imidazole rings is 1. The molecule has 0 spiro atoms. The van der Waals surface area contributed by atoms with Crippen LogP contribution in [0.3, 0.4) is 0 Å². The predicted octanol–water partition coefficient (Wildman–Crippen LogP) is 1.73. The quantitative estimate of drug-likeness (QED) is 0.647. The van der Waals surface area contributed by atoms with Gasteiger partial charge in [-0.05, 0) is 20.8 Å². The molecule has 1 saturated heterocycles. The van der Waals surface area contributed by atoms with Gasteiger partial charge in [0.15, 0.2) is 5.82 Å². The number of nitrogens with zero attached hydrogens (tertiary/aromatic N) is 4. The maximum atomic E-state index is 12.3. The van der Waals surface area contributed by atoms with E-state index in [9.17, 15) is 9.59 Å². The lowest BCUT2D eigenvalue weighted by Gasteiger charge is -2.35. The Labute approximate surface area is 147 Å². The maximum absolute atomic E-state index is 12.3. The van der Waals surface area contributed by atoms with E-state index in [2.05, 4.69) is 4.98 Å². The number of aromatic nitrogens is 2. The second-order valence-electron chi connectivity index (χ2n) is 6.12.